The molecule has 116 valence electrons. The van der Waals surface area contributed by atoms with Gasteiger partial charge in [0.1, 0.15) is 11.9 Å². The number of nitrogens with zero attached hydrogens (tertiary/aromatic N) is 1. The molecule has 22 heavy (non-hydrogen) atoms. The summed E-state index contributed by atoms with van der Waals surface area (Å²) in [5, 5.41) is 8.50. The molecule has 1 aromatic carbocycles. The second kappa shape index (κ2) is 7.37. The molecule has 1 atom stereocenters. The maximum Gasteiger partial charge on any atom is 0.264 e. The van der Waals surface area contributed by atoms with Crippen molar-refractivity contribution in [1.82, 2.24) is 10.2 Å². The molecule has 1 aromatic heterocycles. The van der Waals surface area contributed by atoms with Crippen molar-refractivity contribution in [3.8, 4) is 5.75 Å². The first-order valence-corrected chi connectivity index (χ1v) is 6.69. The van der Waals surface area contributed by atoms with Crippen LogP contribution in [0.5, 0.6) is 5.75 Å². The Bertz CT molecular complexity index is 679. The second-order valence-electron chi connectivity index (χ2n) is 4.60. The maximum absolute atomic E-state index is 11.9. The summed E-state index contributed by atoms with van der Waals surface area (Å²) in [7, 11) is 1.59. The van der Waals surface area contributed by atoms with Gasteiger partial charge in [0.25, 0.3) is 11.5 Å². The SMILES string of the molecule is COc1cccc(COC(C)C(=O)Nc2ccc(=O)[nH]n2)c1. The van der Waals surface area contributed by atoms with E-state index in [4.69, 9.17) is 9.47 Å². The van der Waals surface area contributed by atoms with E-state index in [1.807, 2.05) is 24.3 Å². The smallest absolute Gasteiger partial charge is 0.264 e. The number of benzene rings is 1. The fourth-order valence-electron chi connectivity index (χ4n) is 1.70. The highest BCUT2D eigenvalue weighted by atomic mass is 16.5. The molecular weight excluding hydrogens is 286 g/mol. The van der Waals surface area contributed by atoms with Crippen molar-refractivity contribution in [2.45, 2.75) is 19.6 Å². The van der Waals surface area contributed by atoms with Crippen molar-refractivity contribution in [1.29, 1.82) is 0 Å². The van der Waals surface area contributed by atoms with Gasteiger partial charge in [0.05, 0.1) is 13.7 Å². The molecule has 0 fully saturated rings. The second-order valence-corrected chi connectivity index (χ2v) is 4.60. The van der Waals surface area contributed by atoms with Crippen molar-refractivity contribution in [2.24, 2.45) is 0 Å². The van der Waals surface area contributed by atoms with Gasteiger partial charge in [-0.1, -0.05) is 12.1 Å². The van der Waals surface area contributed by atoms with Gasteiger partial charge >= 0.3 is 0 Å². The zero-order valence-electron chi connectivity index (χ0n) is 12.3. The van der Waals surface area contributed by atoms with Crippen molar-refractivity contribution >= 4 is 11.7 Å². The summed E-state index contributed by atoms with van der Waals surface area (Å²) in [5.41, 5.74) is 0.571. The molecule has 0 saturated carbocycles. The highest BCUT2D eigenvalue weighted by Crippen LogP contribution is 2.14. The fraction of sp³-hybridized carbons (Fsp3) is 0.267. The number of anilines is 1. The first-order chi connectivity index (χ1) is 10.6. The number of amides is 1. The largest absolute Gasteiger partial charge is 0.497 e. The van der Waals surface area contributed by atoms with Crippen LogP contribution in [0, 0.1) is 0 Å². The Hall–Kier alpha value is -2.67. The highest BCUT2D eigenvalue weighted by molar-refractivity contribution is 5.92. The van der Waals surface area contributed by atoms with Gasteiger partial charge in [-0.05, 0) is 30.7 Å². The quantitative estimate of drug-likeness (QED) is 0.839. The molecule has 7 heteroatoms. The van der Waals surface area contributed by atoms with Crippen LogP contribution in [0.2, 0.25) is 0 Å². The number of H-pyrrole nitrogens is 1. The lowest BCUT2D eigenvalue weighted by atomic mass is 10.2. The van der Waals surface area contributed by atoms with Gasteiger partial charge in [-0.25, -0.2) is 5.10 Å². The van der Waals surface area contributed by atoms with Crippen molar-refractivity contribution in [3.05, 3.63) is 52.3 Å². The zero-order chi connectivity index (χ0) is 15.9. The van der Waals surface area contributed by atoms with Crippen LogP contribution in [0.3, 0.4) is 0 Å². The van der Waals surface area contributed by atoms with E-state index >= 15 is 0 Å². The Morgan fingerprint density at radius 2 is 2.18 bits per heavy atom. The Morgan fingerprint density at radius 3 is 2.86 bits per heavy atom. The predicted octanol–water partition coefficient (Wildman–Crippen LogP) is 1.32. The number of aromatic amines is 1. The van der Waals surface area contributed by atoms with Crippen LogP contribution < -0.4 is 15.6 Å². The molecule has 0 radical (unpaired) electrons. The highest BCUT2D eigenvalue weighted by Gasteiger charge is 2.14. The predicted molar refractivity (Wildman–Crippen MR) is 80.7 cm³/mol. The maximum atomic E-state index is 11.9. The number of hydrogen-bond acceptors (Lipinski definition) is 5. The molecule has 0 bridgehead atoms. The minimum Gasteiger partial charge on any atom is -0.497 e. The van der Waals surface area contributed by atoms with Crippen LogP contribution in [0.25, 0.3) is 0 Å². The van der Waals surface area contributed by atoms with Crippen LogP contribution in [0.15, 0.2) is 41.2 Å². The van der Waals surface area contributed by atoms with Crippen LogP contribution >= 0.6 is 0 Å². The van der Waals surface area contributed by atoms with E-state index in [0.717, 1.165) is 11.3 Å². The molecule has 7 nitrogen and oxygen atoms in total. The minimum atomic E-state index is -0.667. The van der Waals surface area contributed by atoms with Crippen LogP contribution in [0.4, 0.5) is 5.82 Å². The standard InChI is InChI=1S/C15H17N3O4/c1-10(15(20)16-13-6-7-14(19)18-17-13)22-9-11-4-3-5-12(8-11)21-2/h3-8,10H,9H2,1-2H3,(H,18,19)(H,16,17,20). The normalized spacial score (nSPS) is 11.7. The number of ether oxygens (including phenoxy) is 2. The van der Waals surface area contributed by atoms with E-state index in [1.165, 1.54) is 12.1 Å². The molecule has 0 spiro atoms. The van der Waals surface area contributed by atoms with Gasteiger partial charge in [0.15, 0.2) is 5.82 Å². The number of hydrogen-bond donors (Lipinski definition) is 2. The van der Waals surface area contributed by atoms with Crippen LogP contribution in [-0.4, -0.2) is 29.3 Å². The monoisotopic (exact) mass is 303 g/mol. The third-order valence-corrected chi connectivity index (χ3v) is 2.93. The summed E-state index contributed by atoms with van der Waals surface area (Å²) >= 11 is 0. The number of rotatable bonds is 6. The summed E-state index contributed by atoms with van der Waals surface area (Å²) in [6, 6.07) is 10.1. The summed E-state index contributed by atoms with van der Waals surface area (Å²) in [6.45, 7) is 1.92. The average Bonchev–Trinajstić information content (AvgIpc) is 2.54. The first kappa shape index (κ1) is 15.7. The van der Waals surface area contributed by atoms with Crippen LogP contribution in [-0.2, 0) is 16.1 Å². The molecule has 1 amide bonds. The molecule has 1 unspecified atom stereocenters. The van der Waals surface area contributed by atoms with E-state index in [2.05, 4.69) is 15.5 Å². The summed E-state index contributed by atoms with van der Waals surface area (Å²) in [6.07, 6.45) is -0.667. The molecule has 2 N–H and O–H groups in total. The van der Waals surface area contributed by atoms with Gasteiger partial charge in [0.2, 0.25) is 0 Å². The van der Waals surface area contributed by atoms with E-state index in [1.54, 1.807) is 14.0 Å². The lowest BCUT2D eigenvalue weighted by Crippen LogP contribution is -2.28. The van der Waals surface area contributed by atoms with Gasteiger partial charge in [0, 0.05) is 6.07 Å². The number of methoxy groups -OCH3 is 1. The lowest BCUT2D eigenvalue weighted by molar-refractivity contribution is -0.127. The number of carbonyl (C=O) groups excluding carboxylic acids is 1. The van der Waals surface area contributed by atoms with Crippen molar-refractivity contribution < 1.29 is 14.3 Å². The molecule has 1 heterocycles. The Kier molecular flexibility index (Phi) is 5.26. The molecule has 0 aliphatic rings. The lowest BCUT2D eigenvalue weighted by Gasteiger charge is -2.13. The van der Waals surface area contributed by atoms with Crippen molar-refractivity contribution in [2.75, 3.05) is 12.4 Å². The third kappa shape index (κ3) is 4.42. The Labute approximate surface area is 127 Å². The van der Waals surface area contributed by atoms with E-state index in [0.29, 0.717) is 0 Å². The number of aromatic nitrogens is 2. The zero-order valence-corrected chi connectivity index (χ0v) is 12.3. The van der Waals surface area contributed by atoms with Gasteiger partial charge < -0.3 is 14.8 Å². The molecule has 0 aliphatic heterocycles. The van der Waals surface area contributed by atoms with E-state index in [-0.39, 0.29) is 23.9 Å². The first-order valence-electron chi connectivity index (χ1n) is 6.69. The topological polar surface area (TPSA) is 93.3 Å². The van der Waals surface area contributed by atoms with Gasteiger partial charge in [-0.15, -0.1) is 0 Å². The van der Waals surface area contributed by atoms with E-state index in [9.17, 15) is 9.59 Å². The van der Waals surface area contributed by atoms with Gasteiger partial charge in [-0.2, -0.15) is 5.10 Å². The summed E-state index contributed by atoms with van der Waals surface area (Å²) < 4.78 is 10.6. The molecular formula is C15H17N3O4. The fourth-order valence-corrected chi connectivity index (χ4v) is 1.70. The Balaban J connectivity index is 1.88. The molecule has 2 aromatic rings. The number of carbonyl (C=O) groups is 1. The summed E-state index contributed by atoms with van der Waals surface area (Å²) in [4.78, 5) is 22.8. The number of nitrogens with one attached hydrogen (secondary N) is 2. The Morgan fingerprint density at radius 1 is 1.36 bits per heavy atom. The van der Waals surface area contributed by atoms with E-state index < -0.39 is 6.10 Å². The molecule has 2 rings (SSSR count). The molecule has 0 saturated heterocycles. The third-order valence-electron chi connectivity index (χ3n) is 2.93. The summed E-state index contributed by atoms with van der Waals surface area (Å²) in [5.74, 6) is 0.652. The average molecular weight is 303 g/mol. The molecule has 0 aliphatic carbocycles. The van der Waals surface area contributed by atoms with Gasteiger partial charge in [-0.3, -0.25) is 9.59 Å². The van der Waals surface area contributed by atoms with Crippen LogP contribution in [0.1, 0.15) is 12.5 Å². The van der Waals surface area contributed by atoms with Crippen molar-refractivity contribution in [3.63, 3.8) is 0 Å². The minimum absolute atomic E-state index is 0.265.